The number of rotatable bonds is 5. The molecule has 3 atom stereocenters. The van der Waals surface area contributed by atoms with Crippen LogP contribution in [0.4, 0.5) is 0 Å². The van der Waals surface area contributed by atoms with E-state index in [4.69, 9.17) is 0 Å². The number of imide groups is 1. The van der Waals surface area contributed by atoms with Gasteiger partial charge in [-0.25, -0.2) is 0 Å². The molecule has 2 aliphatic carbocycles. The van der Waals surface area contributed by atoms with Crippen LogP contribution in [0, 0.1) is 17.8 Å². The minimum absolute atomic E-state index is 0.0556. The van der Waals surface area contributed by atoms with Gasteiger partial charge in [-0.2, -0.15) is 0 Å². The monoisotopic (exact) mass is 292 g/mol. The molecule has 1 saturated heterocycles. The molecule has 3 amide bonds. The van der Waals surface area contributed by atoms with Crippen molar-refractivity contribution in [2.24, 2.45) is 17.8 Å². The lowest BCUT2D eigenvalue weighted by molar-refractivity contribution is -0.147. The summed E-state index contributed by atoms with van der Waals surface area (Å²) in [6.45, 7) is 5.56. The molecule has 0 N–H and O–H groups in total. The molecule has 21 heavy (non-hydrogen) atoms. The second-order valence-electron chi connectivity index (χ2n) is 6.95. The van der Waals surface area contributed by atoms with Crippen LogP contribution in [0.5, 0.6) is 0 Å². The summed E-state index contributed by atoms with van der Waals surface area (Å²) in [6.07, 6.45) is 4.48. The molecule has 1 heterocycles. The lowest BCUT2D eigenvalue weighted by atomic mass is 10.00. The summed E-state index contributed by atoms with van der Waals surface area (Å²) >= 11 is 0. The summed E-state index contributed by atoms with van der Waals surface area (Å²) in [7, 11) is 0. The first-order chi connectivity index (χ1) is 9.91. The Morgan fingerprint density at radius 2 is 1.67 bits per heavy atom. The molecule has 1 aliphatic heterocycles. The van der Waals surface area contributed by atoms with Crippen molar-refractivity contribution >= 4 is 17.7 Å². The first-order valence-electron chi connectivity index (χ1n) is 8.08. The average molecular weight is 292 g/mol. The second kappa shape index (κ2) is 5.11. The third-order valence-corrected chi connectivity index (χ3v) is 5.33. The second-order valence-corrected chi connectivity index (χ2v) is 6.95. The number of hydrogen-bond acceptors (Lipinski definition) is 3. The normalized spacial score (nSPS) is 30.7. The van der Waals surface area contributed by atoms with E-state index in [2.05, 4.69) is 6.92 Å². The maximum atomic E-state index is 12.6. The highest BCUT2D eigenvalue weighted by molar-refractivity contribution is 6.07. The molecular formula is C16H24N2O3. The van der Waals surface area contributed by atoms with E-state index in [-0.39, 0.29) is 42.1 Å². The standard InChI is InChI=1S/C16H24N2O3/c1-9-10(2)16(21)17(15(9)20)8-14(19)18(13-6-7-13)11(3)12-4-5-12/h9-13H,4-8H2,1-3H3. The number of amides is 3. The quantitative estimate of drug-likeness (QED) is 0.720. The molecule has 0 aromatic carbocycles. The van der Waals surface area contributed by atoms with Crippen LogP contribution < -0.4 is 0 Å². The Bertz CT molecular complexity index is 462. The maximum Gasteiger partial charge on any atom is 0.243 e. The van der Waals surface area contributed by atoms with Crippen molar-refractivity contribution < 1.29 is 14.4 Å². The van der Waals surface area contributed by atoms with Crippen molar-refractivity contribution in [1.29, 1.82) is 0 Å². The van der Waals surface area contributed by atoms with Gasteiger partial charge in [-0.05, 0) is 38.5 Å². The zero-order chi connectivity index (χ0) is 15.3. The molecule has 0 radical (unpaired) electrons. The molecule has 3 unspecified atom stereocenters. The van der Waals surface area contributed by atoms with E-state index in [1.807, 2.05) is 4.90 Å². The van der Waals surface area contributed by atoms with Gasteiger partial charge in [0.05, 0.1) is 0 Å². The highest BCUT2D eigenvalue weighted by atomic mass is 16.2. The molecule has 0 bridgehead atoms. The summed E-state index contributed by atoms with van der Waals surface area (Å²) in [5.74, 6) is -0.454. The molecule has 0 spiro atoms. The van der Waals surface area contributed by atoms with Crippen molar-refractivity contribution in [3.63, 3.8) is 0 Å². The first kappa shape index (κ1) is 14.5. The van der Waals surface area contributed by atoms with Crippen molar-refractivity contribution in [1.82, 2.24) is 9.80 Å². The van der Waals surface area contributed by atoms with Crippen LogP contribution in [0.1, 0.15) is 46.5 Å². The van der Waals surface area contributed by atoms with Gasteiger partial charge in [0.15, 0.2) is 0 Å². The Labute approximate surface area is 125 Å². The predicted octanol–water partition coefficient (Wildman–Crippen LogP) is 1.42. The molecule has 0 aromatic rings. The highest BCUT2D eigenvalue weighted by Crippen LogP contribution is 2.40. The Kier molecular flexibility index (Phi) is 3.54. The maximum absolute atomic E-state index is 12.6. The summed E-state index contributed by atoms with van der Waals surface area (Å²) < 4.78 is 0. The molecule has 5 nitrogen and oxygen atoms in total. The van der Waals surface area contributed by atoms with Crippen LogP contribution in [-0.2, 0) is 14.4 Å². The first-order valence-corrected chi connectivity index (χ1v) is 8.08. The van der Waals surface area contributed by atoms with Gasteiger partial charge in [0.2, 0.25) is 17.7 Å². The van der Waals surface area contributed by atoms with E-state index in [9.17, 15) is 14.4 Å². The molecular weight excluding hydrogens is 268 g/mol. The van der Waals surface area contributed by atoms with E-state index in [0.717, 1.165) is 12.8 Å². The number of carbonyl (C=O) groups is 3. The lowest BCUT2D eigenvalue weighted by Gasteiger charge is -2.31. The van der Waals surface area contributed by atoms with E-state index >= 15 is 0 Å². The average Bonchev–Trinajstić information content (AvgIpc) is 3.31. The van der Waals surface area contributed by atoms with Crippen LogP contribution in [0.2, 0.25) is 0 Å². The van der Waals surface area contributed by atoms with Crippen LogP contribution in [0.15, 0.2) is 0 Å². The Morgan fingerprint density at radius 1 is 1.14 bits per heavy atom. The molecule has 0 aromatic heterocycles. The Morgan fingerprint density at radius 3 is 2.10 bits per heavy atom. The summed E-state index contributed by atoms with van der Waals surface area (Å²) in [5.41, 5.74) is 0. The van der Waals surface area contributed by atoms with Crippen molar-refractivity contribution in [3.05, 3.63) is 0 Å². The third kappa shape index (κ3) is 2.58. The summed E-state index contributed by atoms with van der Waals surface area (Å²) in [5, 5.41) is 0. The number of hydrogen-bond donors (Lipinski definition) is 0. The van der Waals surface area contributed by atoms with Gasteiger partial charge < -0.3 is 4.90 Å². The predicted molar refractivity (Wildman–Crippen MR) is 77.1 cm³/mol. The number of nitrogens with zero attached hydrogens (tertiary/aromatic N) is 2. The van der Waals surface area contributed by atoms with Crippen LogP contribution in [-0.4, -0.2) is 46.1 Å². The third-order valence-electron chi connectivity index (χ3n) is 5.33. The topological polar surface area (TPSA) is 57.7 Å². The zero-order valence-corrected chi connectivity index (χ0v) is 13.0. The summed E-state index contributed by atoms with van der Waals surface area (Å²) in [6, 6.07) is 0.573. The smallest absolute Gasteiger partial charge is 0.243 e. The number of likely N-dealkylation sites (tertiary alicyclic amines) is 1. The van der Waals surface area contributed by atoms with Gasteiger partial charge in [-0.3, -0.25) is 19.3 Å². The minimum Gasteiger partial charge on any atom is -0.335 e. The van der Waals surface area contributed by atoms with Gasteiger partial charge in [0.25, 0.3) is 0 Å². The Balaban J connectivity index is 1.69. The molecule has 3 fully saturated rings. The minimum atomic E-state index is -0.305. The van der Waals surface area contributed by atoms with Gasteiger partial charge in [0.1, 0.15) is 6.54 Å². The van der Waals surface area contributed by atoms with E-state index < -0.39 is 0 Å². The van der Waals surface area contributed by atoms with Crippen LogP contribution >= 0.6 is 0 Å². The van der Waals surface area contributed by atoms with Crippen LogP contribution in [0.25, 0.3) is 0 Å². The molecule has 5 heteroatoms. The molecule has 116 valence electrons. The Hall–Kier alpha value is -1.39. The molecule has 2 saturated carbocycles. The molecule has 3 aliphatic rings. The van der Waals surface area contributed by atoms with Crippen molar-refractivity contribution in [2.75, 3.05) is 6.54 Å². The number of carbonyl (C=O) groups excluding carboxylic acids is 3. The van der Waals surface area contributed by atoms with Crippen molar-refractivity contribution in [2.45, 2.75) is 58.5 Å². The fraction of sp³-hybridized carbons (Fsp3) is 0.812. The van der Waals surface area contributed by atoms with Gasteiger partial charge in [-0.15, -0.1) is 0 Å². The highest BCUT2D eigenvalue weighted by Gasteiger charge is 2.46. The summed E-state index contributed by atoms with van der Waals surface area (Å²) in [4.78, 5) is 40.0. The van der Waals surface area contributed by atoms with Gasteiger partial charge in [0, 0.05) is 23.9 Å². The van der Waals surface area contributed by atoms with E-state index in [1.165, 1.54) is 17.7 Å². The zero-order valence-electron chi connectivity index (χ0n) is 13.0. The van der Waals surface area contributed by atoms with Gasteiger partial charge >= 0.3 is 0 Å². The van der Waals surface area contributed by atoms with Crippen molar-refractivity contribution in [3.8, 4) is 0 Å². The largest absolute Gasteiger partial charge is 0.335 e. The van der Waals surface area contributed by atoms with Crippen LogP contribution in [0.3, 0.4) is 0 Å². The molecule has 3 rings (SSSR count). The SMILES string of the molecule is CC1C(=O)N(CC(=O)N(C2CC2)C(C)C2CC2)C(=O)C1C. The fourth-order valence-corrected chi connectivity index (χ4v) is 3.32. The van der Waals surface area contributed by atoms with Gasteiger partial charge in [-0.1, -0.05) is 13.8 Å². The lowest BCUT2D eigenvalue weighted by Crippen LogP contribution is -2.48. The van der Waals surface area contributed by atoms with E-state index in [1.54, 1.807) is 13.8 Å². The fourth-order valence-electron chi connectivity index (χ4n) is 3.32. The van der Waals surface area contributed by atoms with E-state index in [0.29, 0.717) is 12.0 Å².